The molecule has 0 unspecified atom stereocenters. The molecule has 0 radical (unpaired) electrons. The minimum absolute atomic E-state index is 0.0711. The summed E-state index contributed by atoms with van der Waals surface area (Å²) in [5, 5.41) is 5.63. The van der Waals surface area contributed by atoms with Crippen molar-refractivity contribution in [2.45, 2.75) is 39.3 Å². The molecular formula is C34H41F2N5O5Si. The maximum Gasteiger partial charge on any atom is 0.319 e. The molecule has 0 spiro atoms. The van der Waals surface area contributed by atoms with E-state index in [0.717, 1.165) is 18.2 Å². The lowest BCUT2D eigenvalue weighted by molar-refractivity contribution is -0.0974. The van der Waals surface area contributed by atoms with Crippen LogP contribution in [0.1, 0.15) is 17.3 Å². The zero-order valence-corrected chi connectivity index (χ0v) is 28.6. The monoisotopic (exact) mass is 665 g/mol. The van der Waals surface area contributed by atoms with Gasteiger partial charge in [-0.15, -0.1) is 0 Å². The summed E-state index contributed by atoms with van der Waals surface area (Å²) in [4.78, 5) is 31.6. The van der Waals surface area contributed by atoms with Crippen LogP contribution in [-0.4, -0.2) is 74.9 Å². The van der Waals surface area contributed by atoms with Gasteiger partial charge in [-0.25, -0.2) is 18.6 Å². The van der Waals surface area contributed by atoms with Crippen molar-refractivity contribution in [1.82, 2.24) is 19.8 Å². The number of halogens is 2. The summed E-state index contributed by atoms with van der Waals surface area (Å²) >= 11 is 0. The third kappa shape index (κ3) is 7.98. The molecule has 5 rings (SSSR count). The number of nitrogens with zero attached hydrogens (tertiary/aromatic N) is 3. The molecule has 1 aliphatic heterocycles. The molecule has 0 saturated carbocycles. The van der Waals surface area contributed by atoms with Crippen LogP contribution >= 0.6 is 0 Å². The first-order valence-electron chi connectivity index (χ1n) is 15.4. The second-order valence-electron chi connectivity index (χ2n) is 13.6. The van der Waals surface area contributed by atoms with E-state index in [2.05, 4.69) is 35.3 Å². The molecule has 13 heteroatoms. The first kappa shape index (κ1) is 34.0. The van der Waals surface area contributed by atoms with Gasteiger partial charge in [0.05, 0.1) is 18.6 Å². The van der Waals surface area contributed by atoms with E-state index in [0.29, 0.717) is 54.1 Å². The summed E-state index contributed by atoms with van der Waals surface area (Å²) in [5.74, 6) is -2.75. The van der Waals surface area contributed by atoms with Gasteiger partial charge in [-0.05, 0) is 23.7 Å². The predicted octanol–water partition coefficient (Wildman–Crippen LogP) is 6.95. The van der Waals surface area contributed by atoms with Crippen LogP contribution in [0.15, 0.2) is 54.9 Å². The molecule has 1 fully saturated rings. The Morgan fingerprint density at radius 1 is 1.09 bits per heavy atom. The molecule has 2 aromatic carbocycles. The Balaban J connectivity index is 1.49. The number of hydrogen-bond donors (Lipinski definition) is 2. The van der Waals surface area contributed by atoms with E-state index < -0.39 is 31.5 Å². The number of urea groups is 1. The fraction of sp³-hybridized carbons (Fsp3) is 0.382. The Morgan fingerprint density at radius 3 is 2.43 bits per heavy atom. The standard InChI is InChI=1S/C34H41F2N5O5Si/c1-34(19-45-20-34)18-38-33(43)39-22-15-26(35)30(27(36)16-22)46-28-11-12-37-31-29(28)25(17-41(31)21-44-13-14-47(4,5)6)23-9-7-8-10-24(23)32(42)40(2)3/h7-12,15-17H,13-14,18-21H2,1-6H3,(H2,38,39,43). The zero-order valence-electron chi connectivity index (χ0n) is 27.6. The molecule has 1 aliphatic rings. The zero-order chi connectivity index (χ0) is 33.9. The first-order chi connectivity index (χ1) is 22.2. The molecule has 10 nitrogen and oxygen atoms in total. The Morgan fingerprint density at radius 2 is 1.79 bits per heavy atom. The van der Waals surface area contributed by atoms with Crippen LogP contribution in [-0.2, 0) is 16.2 Å². The molecule has 0 aliphatic carbocycles. The second kappa shape index (κ2) is 13.8. The van der Waals surface area contributed by atoms with Crippen molar-refractivity contribution in [3.63, 3.8) is 0 Å². The highest BCUT2D eigenvalue weighted by Crippen LogP contribution is 2.41. The predicted molar refractivity (Wildman–Crippen MR) is 180 cm³/mol. The second-order valence-corrected chi connectivity index (χ2v) is 19.2. The topological polar surface area (TPSA) is 107 Å². The van der Waals surface area contributed by atoms with Crippen molar-refractivity contribution in [3.8, 4) is 22.6 Å². The van der Waals surface area contributed by atoms with Crippen LogP contribution in [0, 0.1) is 17.0 Å². The van der Waals surface area contributed by atoms with Gasteiger partial charge in [0.1, 0.15) is 18.1 Å². The summed E-state index contributed by atoms with van der Waals surface area (Å²) in [6.07, 6.45) is 3.30. The number of benzene rings is 2. The van der Waals surface area contributed by atoms with Crippen LogP contribution in [0.3, 0.4) is 0 Å². The van der Waals surface area contributed by atoms with E-state index in [1.54, 1.807) is 30.8 Å². The van der Waals surface area contributed by atoms with Crippen molar-refractivity contribution in [3.05, 3.63) is 72.1 Å². The SMILES string of the molecule is CN(C)C(=O)c1ccccc1-c1cn(COCC[Si](C)(C)C)c2nccc(Oc3c(F)cc(NC(=O)NCC4(C)COC4)cc3F)c12. The molecule has 2 N–H and O–H groups in total. The van der Waals surface area contributed by atoms with Gasteiger partial charge in [-0.3, -0.25) is 4.79 Å². The Hall–Kier alpha value is -4.33. The lowest BCUT2D eigenvalue weighted by Crippen LogP contribution is -2.49. The summed E-state index contributed by atoms with van der Waals surface area (Å²) in [5.41, 5.74) is 1.85. The number of ether oxygens (including phenoxy) is 3. The van der Waals surface area contributed by atoms with Crippen molar-refractivity contribution >= 4 is 36.7 Å². The van der Waals surface area contributed by atoms with Crippen molar-refractivity contribution in [2.24, 2.45) is 5.41 Å². The number of pyridine rings is 1. The van der Waals surface area contributed by atoms with Crippen molar-refractivity contribution < 1.29 is 32.6 Å². The van der Waals surface area contributed by atoms with E-state index in [1.165, 1.54) is 17.2 Å². The minimum Gasteiger partial charge on any atom is -0.450 e. The molecule has 1 saturated heterocycles. The van der Waals surface area contributed by atoms with Crippen LogP contribution < -0.4 is 15.4 Å². The number of hydrogen-bond acceptors (Lipinski definition) is 6. The summed E-state index contributed by atoms with van der Waals surface area (Å²) in [7, 11) is 2.01. The van der Waals surface area contributed by atoms with Gasteiger partial charge in [-0.2, -0.15) is 0 Å². The van der Waals surface area contributed by atoms with Gasteiger partial charge in [-0.1, -0.05) is 44.8 Å². The number of aromatic nitrogens is 2. The largest absolute Gasteiger partial charge is 0.450 e. The lowest BCUT2D eigenvalue weighted by atomic mass is 9.89. The molecule has 0 bridgehead atoms. The Kier molecular flexibility index (Phi) is 9.99. The highest BCUT2D eigenvalue weighted by molar-refractivity contribution is 6.76. The highest BCUT2D eigenvalue weighted by Gasteiger charge is 2.33. The van der Waals surface area contributed by atoms with E-state index in [9.17, 15) is 9.59 Å². The average Bonchev–Trinajstić information content (AvgIpc) is 3.37. The lowest BCUT2D eigenvalue weighted by Gasteiger charge is -2.37. The van der Waals surface area contributed by atoms with E-state index in [-0.39, 0.29) is 29.5 Å². The molecule has 4 aromatic rings. The number of rotatable bonds is 12. The molecule has 250 valence electrons. The van der Waals surface area contributed by atoms with Crippen molar-refractivity contribution in [1.29, 1.82) is 0 Å². The first-order valence-corrected chi connectivity index (χ1v) is 19.1. The van der Waals surface area contributed by atoms with Gasteiger partial charge >= 0.3 is 6.03 Å². The summed E-state index contributed by atoms with van der Waals surface area (Å²) < 4.78 is 49.8. The third-order valence-electron chi connectivity index (χ3n) is 7.84. The fourth-order valence-corrected chi connectivity index (χ4v) is 5.88. The minimum atomic E-state index is -1.33. The van der Waals surface area contributed by atoms with E-state index in [4.69, 9.17) is 14.2 Å². The van der Waals surface area contributed by atoms with Crippen LogP contribution in [0.2, 0.25) is 25.7 Å². The molecule has 2 aromatic heterocycles. The summed E-state index contributed by atoms with van der Waals surface area (Å²) in [6, 6.07) is 11.0. The van der Waals surface area contributed by atoms with Crippen LogP contribution in [0.4, 0.5) is 19.3 Å². The normalized spacial score (nSPS) is 14.0. The van der Waals surface area contributed by atoms with Gasteiger partial charge in [0.2, 0.25) is 0 Å². The number of amides is 3. The molecular weight excluding hydrogens is 624 g/mol. The molecule has 3 amide bonds. The molecule has 0 atom stereocenters. The third-order valence-corrected chi connectivity index (χ3v) is 9.55. The Labute approximate surface area is 274 Å². The van der Waals surface area contributed by atoms with Gasteiger partial charge in [0, 0.05) is 82.1 Å². The smallest absolute Gasteiger partial charge is 0.319 e. The van der Waals surface area contributed by atoms with Crippen LogP contribution in [0.5, 0.6) is 11.5 Å². The van der Waals surface area contributed by atoms with Gasteiger partial charge in [0.25, 0.3) is 5.91 Å². The quantitative estimate of drug-likeness (QED) is 0.125. The van der Waals surface area contributed by atoms with Crippen LogP contribution in [0.25, 0.3) is 22.2 Å². The number of anilines is 1. The van der Waals surface area contributed by atoms with E-state index >= 15 is 8.78 Å². The Bertz CT molecular complexity index is 1760. The number of fused-ring (bicyclic) bond motifs is 1. The number of carbonyl (C=O) groups excluding carboxylic acids is 2. The molecule has 3 heterocycles. The number of carbonyl (C=O) groups is 2. The van der Waals surface area contributed by atoms with E-state index in [1.807, 2.05) is 25.3 Å². The maximum absolute atomic E-state index is 15.4. The number of nitrogens with one attached hydrogen (secondary N) is 2. The fourth-order valence-electron chi connectivity index (χ4n) is 5.12. The van der Waals surface area contributed by atoms with Gasteiger partial charge < -0.3 is 34.3 Å². The highest BCUT2D eigenvalue weighted by atomic mass is 28.3. The summed E-state index contributed by atoms with van der Waals surface area (Å²) in [6.45, 7) is 10.9. The van der Waals surface area contributed by atoms with Gasteiger partial charge in [0.15, 0.2) is 17.4 Å². The average molecular weight is 666 g/mol. The molecule has 47 heavy (non-hydrogen) atoms. The maximum atomic E-state index is 15.4. The van der Waals surface area contributed by atoms with Crippen molar-refractivity contribution in [2.75, 3.05) is 45.8 Å².